The Hall–Kier alpha value is -1.27. The van der Waals surface area contributed by atoms with Crippen molar-refractivity contribution in [3.8, 4) is 0 Å². The molecule has 11 heteroatoms. The van der Waals surface area contributed by atoms with Gasteiger partial charge in [-0.2, -0.15) is 5.10 Å². The molecule has 0 amide bonds. The number of nitrogens with zero attached hydrogens (tertiary/aromatic N) is 1. The number of aromatic nitrogens is 2. The van der Waals surface area contributed by atoms with Crippen molar-refractivity contribution in [2.45, 2.75) is 22.2 Å². The van der Waals surface area contributed by atoms with E-state index in [2.05, 4.69) is 14.9 Å². The summed E-state index contributed by atoms with van der Waals surface area (Å²) in [4.78, 5) is 0.539. The molecular weight excluding hydrogens is 324 g/mol. The topological polar surface area (TPSA) is 135 Å². The van der Waals surface area contributed by atoms with E-state index >= 15 is 0 Å². The summed E-state index contributed by atoms with van der Waals surface area (Å²) in [6, 6.07) is 3.59. The largest absolute Gasteiger partial charge is 0.266 e. The lowest BCUT2D eigenvalue weighted by atomic mass is 10.3. The molecule has 2 aromatic heterocycles. The molecule has 1 unspecified atom stereocenters. The first-order chi connectivity index (χ1) is 9.20. The lowest BCUT2D eigenvalue weighted by Crippen LogP contribution is -2.26. The van der Waals surface area contributed by atoms with Crippen LogP contribution in [0.25, 0.3) is 0 Å². The molecule has 0 radical (unpaired) electrons. The van der Waals surface area contributed by atoms with E-state index in [9.17, 15) is 16.8 Å². The van der Waals surface area contributed by atoms with Gasteiger partial charge in [0.25, 0.3) is 10.0 Å². The fourth-order valence-electron chi connectivity index (χ4n) is 1.47. The van der Waals surface area contributed by atoms with Crippen LogP contribution in [-0.2, 0) is 20.0 Å². The van der Waals surface area contributed by atoms with Crippen molar-refractivity contribution in [3.05, 3.63) is 29.3 Å². The summed E-state index contributed by atoms with van der Waals surface area (Å²) in [6.45, 7) is 1.60. The molecule has 110 valence electrons. The SMILES string of the molecule is CC(NS(=O)(=O)c1ccn[nH]1)c1ccc(S(N)(=O)=O)s1. The molecule has 0 aliphatic heterocycles. The van der Waals surface area contributed by atoms with Crippen molar-refractivity contribution in [1.82, 2.24) is 14.9 Å². The molecule has 0 aromatic carbocycles. The van der Waals surface area contributed by atoms with Gasteiger partial charge >= 0.3 is 0 Å². The second-order valence-electron chi connectivity index (χ2n) is 3.97. The van der Waals surface area contributed by atoms with Gasteiger partial charge in [0.1, 0.15) is 4.21 Å². The van der Waals surface area contributed by atoms with Crippen LogP contribution in [0.4, 0.5) is 0 Å². The number of nitrogens with one attached hydrogen (secondary N) is 2. The summed E-state index contributed by atoms with van der Waals surface area (Å²) < 4.78 is 48.7. The highest BCUT2D eigenvalue weighted by molar-refractivity contribution is 7.91. The lowest BCUT2D eigenvalue weighted by molar-refractivity contribution is 0.564. The van der Waals surface area contributed by atoms with Crippen molar-refractivity contribution < 1.29 is 16.8 Å². The van der Waals surface area contributed by atoms with Crippen molar-refractivity contribution in [2.24, 2.45) is 5.14 Å². The van der Waals surface area contributed by atoms with Crippen molar-refractivity contribution in [1.29, 1.82) is 0 Å². The number of sulfonamides is 2. The van der Waals surface area contributed by atoms with E-state index in [4.69, 9.17) is 5.14 Å². The van der Waals surface area contributed by atoms with Gasteiger partial charge in [-0.25, -0.2) is 26.7 Å². The van der Waals surface area contributed by atoms with Crippen LogP contribution in [0.15, 0.2) is 33.6 Å². The van der Waals surface area contributed by atoms with E-state index in [1.54, 1.807) is 6.92 Å². The molecular formula is C9H12N4O4S3. The molecule has 0 aliphatic rings. The molecule has 0 bridgehead atoms. The predicted molar refractivity (Wildman–Crippen MR) is 73.0 cm³/mol. The van der Waals surface area contributed by atoms with E-state index in [1.807, 2.05) is 0 Å². The third-order valence-electron chi connectivity index (χ3n) is 2.41. The Kier molecular flexibility index (Phi) is 3.97. The summed E-state index contributed by atoms with van der Waals surface area (Å²) in [6.07, 6.45) is 1.32. The highest BCUT2D eigenvalue weighted by Crippen LogP contribution is 2.26. The molecule has 0 fully saturated rings. The molecule has 0 saturated heterocycles. The number of primary sulfonamides is 1. The molecule has 0 spiro atoms. The third kappa shape index (κ3) is 3.24. The van der Waals surface area contributed by atoms with E-state index in [0.717, 1.165) is 11.3 Å². The monoisotopic (exact) mass is 336 g/mol. The quantitative estimate of drug-likeness (QED) is 0.714. The van der Waals surface area contributed by atoms with E-state index < -0.39 is 26.1 Å². The van der Waals surface area contributed by atoms with E-state index in [1.165, 1.54) is 24.4 Å². The smallest absolute Gasteiger partial charge is 0.258 e. The minimum absolute atomic E-state index is 0.0138. The van der Waals surface area contributed by atoms with Crippen LogP contribution in [0.3, 0.4) is 0 Å². The average Bonchev–Trinajstić information content (AvgIpc) is 3.00. The number of thiophene rings is 1. The Morgan fingerprint density at radius 3 is 2.50 bits per heavy atom. The standard InChI is InChI=1S/C9H12N4O4S3/c1-6(7-2-3-9(18-7)19(10,14)15)13-20(16,17)8-4-5-11-12-8/h2-6,13H,1H3,(H,11,12)(H2,10,14,15). The maximum atomic E-state index is 12.0. The van der Waals surface area contributed by atoms with Gasteiger partial charge in [0.2, 0.25) is 10.0 Å². The highest BCUT2D eigenvalue weighted by Gasteiger charge is 2.21. The Balaban J connectivity index is 2.21. The van der Waals surface area contributed by atoms with Crippen LogP contribution in [0, 0.1) is 0 Å². The van der Waals surface area contributed by atoms with E-state index in [-0.39, 0.29) is 9.24 Å². The molecule has 0 aliphatic carbocycles. The van der Waals surface area contributed by atoms with Crippen LogP contribution in [-0.4, -0.2) is 27.0 Å². The maximum absolute atomic E-state index is 12.0. The van der Waals surface area contributed by atoms with Crippen molar-refractivity contribution in [2.75, 3.05) is 0 Å². The summed E-state index contributed by atoms with van der Waals surface area (Å²) >= 11 is 0.920. The van der Waals surface area contributed by atoms with Gasteiger partial charge < -0.3 is 0 Å². The number of H-pyrrole nitrogens is 1. The summed E-state index contributed by atoms with van der Waals surface area (Å²) in [5, 5.41) is 10.9. The van der Waals surface area contributed by atoms with Gasteiger partial charge in [-0.15, -0.1) is 11.3 Å². The first kappa shape index (κ1) is 15.1. The van der Waals surface area contributed by atoms with Crippen molar-refractivity contribution in [3.63, 3.8) is 0 Å². The Labute approximate surface area is 120 Å². The predicted octanol–water partition coefficient (Wildman–Crippen LogP) is 0.158. The molecule has 1 atom stereocenters. The molecule has 2 aromatic rings. The number of aromatic amines is 1. The van der Waals surface area contributed by atoms with Gasteiger partial charge in [-0.3, -0.25) is 5.10 Å². The Morgan fingerprint density at radius 1 is 1.30 bits per heavy atom. The van der Waals surface area contributed by atoms with Gasteiger partial charge in [0, 0.05) is 4.88 Å². The zero-order valence-corrected chi connectivity index (χ0v) is 12.7. The minimum Gasteiger partial charge on any atom is -0.266 e. The first-order valence-corrected chi connectivity index (χ1v) is 9.19. The molecule has 8 nitrogen and oxygen atoms in total. The fourth-order valence-corrected chi connectivity index (χ4v) is 4.43. The third-order valence-corrected chi connectivity index (χ3v) is 6.58. The summed E-state index contributed by atoms with van der Waals surface area (Å²) in [7, 11) is -7.51. The van der Waals surface area contributed by atoms with Gasteiger partial charge in [-0.05, 0) is 25.1 Å². The summed E-state index contributed by atoms with van der Waals surface area (Å²) in [5.74, 6) is 0. The first-order valence-electron chi connectivity index (χ1n) is 5.34. The number of hydrogen-bond acceptors (Lipinski definition) is 6. The zero-order chi connectivity index (χ0) is 15.0. The van der Waals surface area contributed by atoms with Crippen LogP contribution in [0.2, 0.25) is 0 Å². The normalized spacial score (nSPS) is 14.3. The fraction of sp³-hybridized carbons (Fsp3) is 0.222. The zero-order valence-electron chi connectivity index (χ0n) is 10.3. The second-order valence-corrected chi connectivity index (χ2v) is 8.55. The maximum Gasteiger partial charge on any atom is 0.258 e. The highest BCUT2D eigenvalue weighted by atomic mass is 32.2. The molecule has 2 rings (SSSR count). The molecule has 20 heavy (non-hydrogen) atoms. The van der Waals surface area contributed by atoms with Crippen LogP contribution in [0.1, 0.15) is 17.8 Å². The second kappa shape index (κ2) is 5.26. The molecule has 4 N–H and O–H groups in total. The molecule has 2 heterocycles. The van der Waals surface area contributed by atoms with Gasteiger partial charge in [-0.1, -0.05) is 0 Å². The van der Waals surface area contributed by atoms with E-state index in [0.29, 0.717) is 4.88 Å². The molecule has 0 saturated carbocycles. The average molecular weight is 336 g/mol. The lowest BCUT2D eigenvalue weighted by Gasteiger charge is -2.11. The Morgan fingerprint density at radius 2 is 2.00 bits per heavy atom. The Bertz CT molecular complexity index is 792. The van der Waals surface area contributed by atoms with Crippen molar-refractivity contribution >= 4 is 31.4 Å². The summed E-state index contributed by atoms with van der Waals surface area (Å²) in [5.41, 5.74) is 0. The van der Waals surface area contributed by atoms with Gasteiger partial charge in [0.05, 0.1) is 12.2 Å². The number of nitrogens with two attached hydrogens (primary N) is 1. The minimum atomic E-state index is -3.78. The number of hydrogen-bond donors (Lipinski definition) is 3. The van der Waals surface area contributed by atoms with Crippen LogP contribution < -0.4 is 9.86 Å². The van der Waals surface area contributed by atoms with Crippen LogP contribution in [0.5, 0.6) is 0 Å². The van der Waals surface area contributed by atoms with Crippen LogP contribution >= 0.6 is 11.3 Å². The number of rotatable bonds is 5. The van der Waals surface area contributed by atoms with Gasteiger partial charge in [0.15, 0.2) is 5.03 Å².